The number of hydrogen-bond acceptors (Lipinski definition) is 1. The number of carbonyl (C=O) groups is 1. The minimum Gasteiger partial charge on any atom is -0.290 e. The van der Waals surface area contributed by atoms with E-state index in [0.717, 1.165) is 4.47 Å². The molecular weight excluding hydrogens is 211 g/mol. The summed E-state index contributed by atoms with van der Waals surface area (Å²) in [6.45, 7) is 0. The fraction of sp³-hybridized carbons (Fsp3) is 0. The summed E-state index contributed by atoms with van der Waals surface area (Å²) in [5.41, 5.74) is 0.737. The Morgan fingerprint density at radius 1 is 1.30 bits per heavy atom. The Morgan fingerprint density at radius 2 is 1.80 bits per heavy atom. The van der Waals surface area contributed by atoms with E-state index in [1.54, 1.807) is 12.1 Å². The van der Waals surface area contributed by atoms with Gasteiger partial charge in [-0.2, -0.15) is 0 Å². The molecule has 0 N–H and O–H groups in total. The van der Waals surface area contributed by atoms with Crippen LogP contribution in [0.5, 0.6) is 0 Å². The first-order valence-electron chi connectivity index (χ1n) is 2.75. The van der Waals surface area contributed by atoms with Crippen LogP contribution in [0.25, 0.3) is 0 Å². The van der Waals surface area contributed by atoms with Crippen molar-refractivity contribution in [2.24, 2.45) is 0 Å². The summed E-state index contributed by atoms with van der Waals surface area (Å²) in [6, 6.07) is 7.24. The van der Waals surface area contributed by atoms with E-state index in [-0.39, 0.29) is 5.52 Å². The van der Waals surface area contributed by atoms with E-state index >= 15 is 0 Å². The Labute approximate surface area is 70.2 Å². The van der Waals surface area contributed by atoms with Crippen LogP contribution in [0.15, 0.2) is 28.7 Å². The van der Waals surface area contributed by atoms with Crippen LogP contribution in [0.1, 0.15) is 10.4 Å². The zero-order valence-electron chi connectivity index (χ0n) is 5.17. The van der Waals surface area contributed by atoms with Gasteiger partial charge in [-0.3, -0.25) is 4.79 Å². The third-order valence-corrected chi connectivity index (χ3v) is 1.99. The van der Waals surface area contributed by atoms with Crippen molar-refractivity contribution in [2.75, 3.05) is 0 Å². The van der Waals surface area contributed by atoms with Gasteiger partial charge in [-0.05, 0) is 24.3 Å². The van der Waals surface area contributed by atoms with Crippen molar-refractivity contribution in [2.45, 2.75) is 0 Å². The average Bonchev–Trinajstić information content (AvgIpc) is 1.88. The van der Waals surface area contributed by atoms with Gasteiger partial charge in [0.05, 0.1) is 0 Å². The first-order chi connectivity index (χ1) is 4.70. The first kappa shape index (κ1) is 7.90. The predicted octanol–water partition coefficient (Wildman–Crippen LogP) is 2.46. The van der Waals surface area contributed by atoms with Crippen molar-refractivity contribution in [1.29, 1.82) is 0 Å². The summed E-state index contributed by atoms with van der Waals surface area (Å²) < 4.78 is 0.988. The lowest BCUT2D eigenvalue weighted by Gasteiger charge is -1.92. The van der Waals surface area contributed by atoms with Crippen LogP contribution in [-0.2, 0) is 0 Å². The van der Waals surface area contributed by atoms with Crippen LogP contribution in [0.2, 0.25) is 0 Å². The van der Waals surface area contributed by atoms with E-state index in [2.05, 4.69) is 25.2 Å². The van der Waals surface area contributed by atoms with Crippen molar-refractivity contribution in [3.05, 3.63) is 34.3 Å². The molecular formula is C7H6BrOP. The smallest absolute Gasteiger partial charge is 0.178 e. The van der Waals surface area contributed by atoms with Gasteiger partial charge in [0.25, 0.3) is 0 Å². The highest BCUT2D eigenvalue weighted by molar-refractivity contribution is 9.10. The molecule has 0 aliphatic heterocycles. The molecule has 0 aliphatic carbocycles. The van der Waals surface area contributed by atoms with Crippen LogP contribution in [0.3, 0.4) is 0 Å². The van der Waals surface area contributed by atoms with Crippen LogP contribution >= 0.6 is 25.2 Å². The van der Waals surface area contributed by atoms with E-state index in [1.807, 2.05) is 12.1 Å². The van der Waals surface area contributed by atoms with E-state index in [9.17, 15) is 4.79 Å². The molecule has 0 bridgehead atoms. The Balaban J connectivity index is 3.00. The number of halogens is 1. The van der Waals surface area contributed by atoms with Crippen molar-refractivity contribution < 1.29 is 4.79 Å². The van der Waals surface area contributed by atoms with Crippen LogP contribution in [-0.4, -0.2) is 5.52 Å². The van der Waals surface area contributed by atoms with Crippen LogP contribution < -0.4 is 0 Å². The summed E-state index contributed by atoms with van der Waals surface area (Å²) in [5.74, 6) is 0. The molecule has 1 unspecified atom stereocenters. The van der Waals surface area contributed by atoms with Gasteiger partial charge in [0.2, 0.25) is 0 Å². The molecule has 0 aromatic heterocycles. The van der Waals surface area contributed by atoms with Gasteiger partial charge in [0.15, 0.2) is 5.52 Å². The van der Waals surface area contributed by atoms with E-state index in [0.29, 0.717) is 5.56 Å². The quantitative estimate of drug-likeness (QED) is 0.660. The highest BCUT2D eigenvalue weighted by atomic mass is 79.9. The molecule has 1 nitrogen and oxygen atoms in total. The van der Waals surface area contributed by atoms with Crippen LogP contribution in [0.4, 0.5) is 0 Å². The zero-order chi connectivity index (χ0) is 7.56. The molecule has 0 fully saturated rings. The van der Waals surface area contributed by atoms with Gasteiger partial charge in [0, 0.05) is 10.0 Å². The van der Waals surface area contributed by atoms with Crippen molar-refractivity contribution >= 4 is 30.7 Å². The molecule has 10 heavy (non-hydrogen) atoms. The van der Waals surface area contributed by atoms with E-state index < -0.39 is 0 Å². The number of benzene rings is 1. The van der Waals surface area contributed by atoms with Crippen molar-refractivity contribution in [3.8, 4) is 0 Å². The van der Waals surface area contributed by atoms with E-state index in [1.165, 1.54) is 0 Å². The molecule has 1 aromatic rings. The molecule has 52 valence electrons. The molecule has 0 aliphatic rings. The Hall–Kier alpha value is -0.200. The van der Waals surface area contributed by atoms with Gasteiger partial charge in [-0.25, -0.2) is 0 Å². The molecule has 0 saturated carbocycles. The lowest BCUT2D eigenvalue weighted by atomic mass is 10.2. The maximum atomic E-state index is 10.7. The predicted molar refractivity (Wildman–Crippen MR) is 48.2 cm³/mol. The second-order valence-electron chi connectivity index (χ2n) is 1.87. The van der Waals surface area contributed by atoms with Gasteiger partial charge in [0.1, 0.15) is 0 Å². The second kappa shape index (κ2) is 3.27. The fourth-order valence-corrected chi connectivity index (χ4v) is 1.07. The standard InChI is InChI=1S/C7H6BrOP/c8-6-3-1-5(2-4-6)7(9)10/h1-4H,10H2. The maximum absolute atomic E-state index is 10.7. The summed E-state index contributed by atoms with van der Waals surface area (Å²) in [4.78, 5) is 10.7. The second-order valence-corrected chi connectivity index (χ2v) is 3.31. The Kier molecular flexibility index (Phi) is 2.58. The van der Waals surface area contributed by atoms with Crippen molar-refractivity contribution in [3.63, 3.8) is 0 Å². The molecule has 1 rings (SSSR count). The third-order valence-electron chi connectivity index (χ3n) is 1.13. The third kappa shape index (κ3) is 1.89. The normalized spacial score (nSPS) is 9.40. The minimum atomic E-state index is 0.0208. The lowest BCUT2D eigenvalue weighted by molar-refractivity contribution is 0.108. The minimum absolute atomic E-state index is 0.0208. The molecule has 1 atom stereocenters. The Bertz CT molecular complexity index is 242. The molecule has 0 heterocycles. The van der Waals surface area contributed by atoms with Gasteiger partial charge in [-0.1, -0.05) is 25.2 Å². The fourth-order valence-electron chi connectivity index (χ4n) is 0.614. The topological polar surface area (TPSA) is 17.1 Å². The largest absolute Gasteiger partial charge is 0.290 e. The molecule has 0 saturated heterocycles. The lowest BCUT2D eigenvalue weighted by Crippen LogP contribution is -1.84. The van der Waals surface area contributed by atoms with Crippen LogP contribution in [0, 0.1) is 0 Å². The number of carbonyl (C=O) groups excluding carboxylic acids is 1. The number of rotatable bonds is 1. The molecule has 0 amide bonds. The SMILES string of the molecule is O=C(P)c1ccc(Br)cc1. The summed E-state index contributed by atoms with van der Waals surface area (Å²) in [7, 11) is 2.13. The highest BCUT2D eigenvalue weighted by Gasteiger charge is 1.95. The van der Waals surface area contributed by atoms with Crippen molar-refractivity contribution in [1.82, 2.24) is 0 Å². The van der Waals surface area contributed by atoms with Gasteiger partial charge < -0.3 is 0 Å². The zero-order valence-corrected chi connectivity index (χ0v) is 7.91. The van der Waals surface area contributed by atoms with Gasteiger partial charge >= 0.3 is 0 Å². The number of hydrogen-bond donors (Lipinski definition) is 0. The summed E-state index contributed by atoms with van der Waals surface area (Å²) in [6.07, 6.45) is 0. The van der Waals surface area contributed by atoms with Gasteiger partial charge in [-0.15, -0.1) is 0 Å². The average molecular weight is 217 g/mol. The molecule has 0 radical (unpaired) electrons. The summed E-state index contributed by atoms with van der Waals surface area (Å²) in [5, 5.41) is 0. The molecule has 0 spiro atoms. The maximum Gasteiger partial charge on any atom is 0.178 e. The highest BCUT2D eigenvalue weighted by Crippen LogP contribution is 2.12. The molecule has 3 heteroatoms. The first-order valence-corrected chi connectivity index (χ1v) is 4.12. The monoisotopic (exact) mass is 216 g/mol. The van der Waals surface area contributed by atoms with E-state index in [4.69, 9.17) is 0 Å². The Morgan fingerprint density at radius 3 is 2.20 bits per heavy atom. The molecule has 1 aromatic carbocycles. The summed E-state index contributed by atoms with van der Waals surface area (Å²) >= 11 is 3.28.